The molecule has 0 N–H and O–H groups in total. The Kier molecular flexibility index (Phi) is 4.12. The third kappa shape index (κ3) is 3.37. The summed E-state index contributed by atoms with van der Waals surface area (Å²) >= 11 is 1.12. The van der Waals surface area contributed by atoms with Crippen LogP contribution in [0.25, 0.3) is 6.08 Å². The Labute approximate surface area is 94.3 Å². The molecule has 0 aromatic carbocycles. The van der Waals surface area contributed by atoms with Crippen LogP contribution < -0.4 is 0 Å². The summed E-state index contributed by atoms with van der Waals surface area (Å²) in [6, 6.07) is 3.10. The van der Waals surface area contributed by atoms with E-state index in [0.29, 0.717) is 4.88 Å². The predicted octanol–water partition coefficient (Wildman–Crippen LogP) is 3.26. The van der Waals surface area contributed by atoms with E-state index in [4.69, 9.17) is 0 Å². The third-order valence-corrected chi connectivity index (χ3v) is 2.45. The Bertz CT molecular complexity index is 379. The molecule has 1 heterocycles. The van der Waals surface area contributed by atoms with Gasteiger partial charge in [0, 0.05) is 4.88 Å². The first-order valence-corrected chi connectivity index (χ1v) is 5.32. The fourth-order valence-corrected chi connectivity index (χ4v) is 1.64. The van der Waals surface area contributed by atoms with Gasteiger partial charge >= 0.3 is 12.1 Å². The van der Waals surface area contributed by atoms with Crippen molar-refractivity contribution >= 4 is 23.4 Å². The summed E-state index contributed by atoms with van der Waals surface area (Å²) in [5.74, 6) is -1.34. The molecule has 0 bridgehead atoms. The lowest BCUT2D eigenvalue weighted by molar-refractivity contribution is -0.149. The minimum atomic E-state index is -4.70. The number of carbonyl (C=O) groups excluding carboxylic acids is 1. The quantitative estimate of drug-likeness (QED) is 0.608. The first-order valence-electron chi connectivity index (χ1n) is 4.44. The SMILES string of the molecule is CCOC(=O)C(=Cc1cccs1)C(F)(F)F. The Morgan fingerprint density at radius 2 is 2.25 bits per heavy atom. The second kappa shape index (κ2) is 5.16. The van der Waals surface area contributed by atoms with Crippen molar-refractivity contribution in [3.05, 3.63) is 28.0 Å². The summed E-state index contributed by atoms with van der Waals surface area (Å²) in [5.41, 5.74) is -1.28. The van der Waals surface area contributed by atoms with Crippen molar-refractivity contribution in [2.45, 2.75) is 13.1 Å². The van der Waals surface area contributed by atoms with Gasteiger partial charge in [-0.25, -0.2) is 4.79 Å². The van der Waals surface area contributed by atoms with Gasteiger partial charge in [0.15, 0.2) is 0 Å². The Morgan fingerprint density at radius 3 is 2.69 bits per heavy atom. The minimum absolute atomic E-state index is 0.0866. The van der Waals surface area contributed by atoms with Gasteiger partial charge < -0.3 is 4.74 Å². The minimum Gasteiger partial charge on any atom is -0.462 e. The number of rotatable bonds is 3. The topological polar surface area (TPSA) is 26.3 Å². The Balaban J connectivity index is 3.01. The first-order chi connectivity index (χ1) is 7.45. The largest absolute Gasteiger partial charge is 0.462 e. The van der Waals surface area contributed by atoms with Crippen LogP contribution in [0.3, 0.4) is 0 Å². The molecule has 0 fully saturated rings. The van der Waals surface area contributed by atoms with Crippen LogP contribution in [0.1, 0.15) is 11.8 Å². The molecule has 0 radical (unpaired) electrons. The lowest BCUT2D eigenvalue weighted by Crippen LogP contribution is -2.21. The average molecular weight is 250 g/mol. The zero-order chi connectivity index (χ0) is 12.2. The fraction of sp³-hybridized carbons (Fsp3) is 0.300. The van der Waals surface area contributed by atoms with Crippen LogP contribution in [-0.2, 0) is 9.53 Å². The Morgan fingerprint density at radius 1 is 1.56 bits per heavy atom. The van der Waals surface area contributed by atoms with Gasteiger partial charge in [-0.05, 0) is 24.4 Å². The predicted molar refractivity (Wildman–Crippen MR) is 55.0 cm³/mol. The summed E-state index contributed by atoms with van der Waals surface area (Å²) in [6.45, 7) is 1.37. The van der Waals surface area contributed by atoms with Gasteiger partial charge in [-0.2, -0.15) is 13.2 Å². The van der Waals surface area contributed by atoms with Crippen LogP contribution >= 0.6 is 11.3 Å². The maximum atomic E-state index is 12.5. The number of esters is 1. The molecular weight excluding hydrogens is 241 g/mol. The van der Waals surface area contributed by atoms with Gasteiger partial charge in [-0.3, -0.25) is 0 Å². The van der Waals surface area contributed by atoms with Crippen LogP contribution in [-0.4, -0.2) is 18.8 Å². The standard InChI is InChI=1S/C10H9F3O2S/c1-2-15-9(14)8(10(11,12)13)6-7-4-3-5-16-7/h3-6H,2H2,1H3. The van der Waals surface area contributed by atoms with Crippen molar-refractivity contribution < 1.29 is 22.7 Å². The van der Waals surface area contributed by atoms with E-state index in [2.05, 4.69) is 4.74 Å². The highest BCUT2D eigenvalue weighted by Gasteiger charge is 2.39. The van der Waals surface area contributed by atoms with Crippen molar-refractivity contribution in [2.75, 3.05) is 6.61 Å². The van der Waals surface area contributed by atoms with E-state index >= 15 is 0 Å². The van der Waals surface area contributed by atoms with E-state index in [-0.39, 0.29) is 6.61 Å². The molecule has 0 saturated heterocycles. The van der Waals surface area contributed by atoms with Crippen LogP contribution in [0, 0.1) is 0 Å². The molecule has 0 aliphatic heterocycles. The maximum absolute atomic E-state index is 12.5. The fourth-order valence-electron chi connectivity index (χ4n) is 0.981. The molecule has 0 spiro atoms. The molecule has 0 unspecified atom stereocenters. The van der Waals surface area contributed by atoms with E-state index in [9.17, 15) is 18.0 Å². The summed E-state index contributed by atoms with van der Waals surface area (Å²) < 4.78 is 41.9. The van der Waals surface area contributed by atoms with Gasteiger partial charge in [0.25, 0.3) is 0 Å². The molecule has 1 aromatic rings. The maximum Gasteiger partial charge on any atom is 0.423 e. The summed E-state index contributed by atoms with van der Waals surface area (Å²) in [4.78, 5) is 11.5. The second-order valence-electron chi connectivity index (χ2n) is 2.79. The summed E-state index contributed by atoms with van der Waals surface area (Å²) in [5, 5.41) is 1.63. The van der Waals surface area contributed by atoms with E-state index in [0.717, 1.165) is 17.4 Å². The van der Waals surface area contributed by atoms with Gasteiger partial charge in [-0.1, -0.05) is 6.07 Å². The number of thiophene rings is 1. The van der Waals surface area contributed by atoms with Crippen molar-refractivity contribution in [1.29, 1.82) is 0 Å². The molecule has 6 heteroatoms. The Hall–Kier alpha value is -1.30. The number of hydrogen-bond donors (Lipinski definition) is 0. The van der Waals surface area contributed by atoms with E-state index < -0.39 is 17.7 Å². The number of alkyl halides is 3. The third-order valence-electron chi connectivity index (χ3n) is 1.63. The van der Waals surface area contributed by atoms with Gasteiger partial charge in [0.05, 0.1) is 6.61 Å². The smallest absolute Gasteiger partial charge is 0.423 e. The number of ether oxygens (including phenoxy) is 1. The summed E-state index contributed by atoms with van der Waals surface area (Å²) in [6.07, 6.45) is -3.90. The van der Waals surface area contributed by atoms with Crippen molar-refractivity contribution in [2.24, 2.45) is 0 Å². The van der Waals surface area contributed by atoms with Gasteiger partial charge in [0.2, 0.25) is 0 Å². The highest BCUT2D eigenvalue weighted by molar-refractivity contribution is 7.10. The highest BCUT2D eigenvalue weighted by atomic mass is 32.1. The molecule has 0 saturated carbocycles. The van der Waals surface area contributed by atoms with Crippen molar-refractivity contribution in [3.8, 4) is 0 Å². The second-order valence-corrected chi connectivity index (χ2v) is 3.77. The van der Waals surface area contributed by atoms with Crippen LogP contribution in [0.15, 0.2) is 23.1 Å². The molecule has 0 aliphatic carbocycles. The number of carbonyl (C=O) groups is 1. The molecule has 0 aliphatic rings. The zero-order valence-corrected chi connectivity index (χ0v) is 9.19. The highest BCUT2D eigenvalue weighted by Crippen LogP contribution is 2.29. The average Bonchev–Trinajstić information content (AvgIpc) is 2.64. The van der Waals surface area contributed by atoms with Crippen molar-refractivity contribution in [3.63, 3.8) is 0 Å². The molecule has 0 amide bonds. The lowest BCUT2D eigenvalue weighted by atomic mass is 10.2. The van der Waals surface area contributed by atoms with E-state index in [1.165, 1.54) is 13.0 Å². The molecule has 88 valence electrons. The molecule has 1 aromatic heterocycles. The zero-order valence-electron chi connectivity index (χ0n) is 8.38. The first kappa shape index (κ1) is 12.8. The van der Waals surface area contributed by atoms with E-state index in [1.54, 1.807) is 11.4 Å². The molecule has 16 heavy (non-hydrogen) atoms. The normalized spacial score (nSPS) is 12.6. The van der Waals surface area contributed by atoms with Gasteiger partial charge in [0.1, 0.15) is 5.57 Å². The molecule has 0 atom stereocenters. The van der Waals surface area contributed by atoms with Crippen LogP contribution in [0.2, 0.25) is 0 Å². The van der Waals surface area contributed by atoms with Crippen LogP contribution in [0.4, 0.5) is 13.2 Å². The number of hydrogen-bond acceptors (Lipinski definition) is 3. The summed E-state index contributed by atoms with van der Waals surface area (Å²) in [7, 11) is 0. The monoisotopic (exact) mass is 250 g/mol. The molecule has 2 nitrogen and oxygen atoms in total. The molecular formula is C10H9F3O2S. The van der Waals surface area contributed by atoms with Crippen molar-refractivity contribution in [1.82, 2.24) is 0 Å². The van der Waals surface area contributed by atoms with Crippen LogP contribution in [0.5, 0.6) is 0 Å². The molecule has 1 rings (SSSR count). The van der Waals surface area contributed by atoms with Gasteiger partial charge in [-0.15, -0.1) is 11.3 Å². The lowest BCUT2D eigenvalue weighted by Gasteiger charge is -2.09. The van der Waals surface area contributed by atoms with E-state index in [1.807, 2.05) is 0 Å². The number of halogens is 3.